The lowest BCUT2D eigenvalue weighted by Gasteiger charge is -2.34. The highest BCUT2D eigenvalue weighted by atomic mass is 16.6. The summed E-state index contributed by atoms with van der Waals surface area (Å²) < 4.78 is 7.39. The van der Waals surface area contributed by atoms with E-state index in [0.717, 1.165) is 44.3 Å². The summed E-state index contributed by atoms with van der Waals surface area (Å²) in [4.78, 5) is 29.7. The van der Waals surface area contributed by atoms with Crippen LogP contribution in [-0.2, 0) is 4.74 Å². The highest BCUT2D eigenvalue weighted by Crippen LogP contribution is 2.29. The fourth-order valence-electron chi connectivity index (χ4n) is 4.87. The summed E-state index contributed by atoms with van der Waals surface area (Å²) >= 11 is 0. The molecule has 0 aliphatic carbocycles. The standard InChI is InChI=1S/C24H41N5O3/c1-16(2)20-9-8-17(3)10-15-28(20)22(30)21-18(4)29(26-25-21)19-11-13-27(14-12-19)23(31)32-24(5,6)7/h16-17,19-20H,8-15H2,1-7H3. The number of amides is 2. The van der Waals surface area contributed by atoms with Gasteiger partial charge in [-0.25, -0.2) is 9.48 Å². The highest BCUT2D eigenvalue weighted by Gasteiger charge is 2.34. The minimum absolute atomic E-state index is 0.00717. The number of hydrogen-bond acceptors (Lipinski definition) is 5. The molecule has 0 spiro atoms. The Hall–Kier alpha value is -2.12. The molecule has 2 fully saturated rings. The molecule has 2 aliphatic heterocycles. The van der Waals surface area contributed by atoms with Crippen molar-refractivity contribution in [2.24, 2.45) is 11.8 Å². The predicted octanol–water partition coefficient (Wildman–Crippen LogP) is 4.45. The van der Waals surface area contributed by atoms with E-state index in [9.17, 15) is 9.59 Å². The van der Waals surface area contributed by atoms with Crippen molar-refractivity contribution in [2.45, 2.75) is 98.3 Å². The maximum atomic E-state index is 13.5. The molecule has 1 aromatic heterocycles. The Bertz CT molecular complexity index is 805. The Balaban J connectivity index is 1.69. The maximum absolute atomic E-state index is 13.5. The minimum Gasteiger partial charge on any atom is -0.444 e. The zero-order valence-corrected chi connectivity index (χ0v) is 20.9. The number of rotatable bonds is 3. The third-order valence-corrected chi connectivity index (χ3v) is 6.84. The van der Waals surface area contributed by atoms with Crippen LogP contribution >= 0.6 is 0 Å². The van der Waals surface area contributed by atoms with E-state index < -0.39 is 5.60 Å². The number of aromatic nitrogens is 3. The summed E-state index contributed by atoms with van der Waals surface area (Å²) in [5.74, 6) is 1.06. The monoisotopic (exact) mass is 447 g/mol. The van der Waals surface area contributed by atoms with Gasteiger partial charge in [0.15, 0.2) is 5.69 Å². The first kappa shape index (κ1) is 24.5. The van der Waals surface area contributed by atoms with Gasteiger partial charge in [-0.05, 0) is 71.6 Å². The largest absolute Gasteiger partial charge is 0.444 e. The first-order chi connectivity index (χ1) is 15.0. The summed E-state index contributed by atoms with van der Waals surface area (Å²) in [6, 6.07) is 0.377. The van der Waals surface area contributed by atoms with E-state index in [4.69, 9.17) is 4.74 Å². The van der Waals surface area contributed by atoms with Gasteiger partial charge >= 0.3 is 6.09 Å². The Labute approximate surface area is 192 Å². The first-order valence-electron chi connectivity index (χ1n) is 12.2. The van der Waals surface area contributed by atoms with Crippen molar-refractivity contribution >= 4 is 12.0 Å². The molecular weight excluding hydrogens is 406 g/mol. The number of carbonyl (C=O) groups excluding carboxylic acids is 2. The summed E-state index contributed by atoms with van der Waals surface area (Å²) in [6.45, 7) is 16.3. The fraction of sp³-hybridized carbons (Fsp3) is 0.833. The van der Waals surface area contributed by atoms with Crippen LogP contribution in [0.2, 0.25) is 0 Å². The number of piperidine rings is 1. The molecule has 3 rings (SSSR count). The molecular formula is C24H41N5O3. The molecule has 1 aromatic rings. The molecule has 8 heteroatoms. The van der Waals surface area contributed by atoms with Gasteiger partial charge in [0.1, 0.15) is 5.60 Å². The van der Waals surface area contributed by atoms with Gasteiger partial charge in [-0.2, -0.15) is 0 Å². The lowest BCUT2D eigenvalue weighted by Crippen LogP contribution is -2.43. The van der Waals surface area contributed by atoms with Crippen molar-refractivity contribution in [1.82, 2.24) is 24.8 Å². The second kappa shape index (κ2) is 9.79. The number of carbonyl (C=O) groups is 2. The van der Waals surface area contributed by atoms with Crippen LogP contribution in [0.25, 0.3) is 0 Å². The summed E-state index contributed by atoms with van der Waals surface area (Å²) in [5, 5.41) is 8.71. The molecule has 180 valence electrons. The van der Waals surface area contributed by atoms with Gasteiger partial charge in [-0.1, -0.05) is 26.0 Å². The van der Waals surface area contributed by atoms with E-state index in [1.165, 1.54) is 0 Å². The average Bonchev–Trinajstić information content (AvgIpc) is 2.97. The quantitative estimate of drug-likeness (QED) is 0.684. The Morgan fingerprint density at radius 3 is 2.28 bits per heavy atom. The number of ether oxygens (including phenoxy) is 1. The van der Waals surface area contributed by atoms with Crippen LogP contribution in [-0.4, -0.2) is 68.1 Å². The molecule has 0 N–H and O–H groups in total. The summed E-state index contributed by atoms with van der Waals surface area (Å²) in [7, 11) is 0. The predicted molar refractivity (Wildman–Crippen MR) is 124 cm³/mol. The lowest BCUT2D eigenvalue weighted by atomic mass is 9.95. The van der Waals surface area contributed by atoms with Gasteiger partial charge in [-0.15, -0.1) is 5.10 Å². The molecule has 8 nitrogen and oxygen atoms in total. The summed E-state index contributed by atoms with van der Waals surface area (Å²) in [6.07, 6.45) is 4.51. The van der Waals surface area contributed by atoms with Gasteiger partial charge in [0.25, 0.3) is 5.91 Å². The normalized spacial score (nSPS) is 23.4. The second-order valence-corrected chi connectivity index (χ2v) is 10.9. The Kier molecular flexibility index (Phi) is 7.50. The van der Waals surface area contributed by atoms with Gasteiger partial charge < -0.3 is 14.5 Å². The van der Waals surface area contributed by atoms with Crippen molar-refractivity contribution in [1.29, 1.82) is 0 Å². The lowest BCUT2D eigenvalue weighted by molar-refractivity contribution is 0.0183. The molecule has 2 amide bonds. The minimum atomic E-state index is -0.495. The maximum Gasteiger partial charge on any atom is 0.410 e. The third-order valence-electron chi connectivity index (χ3n) is 6.84. The van der Waals surface area contributed by atoms with Gasteiger partial charge in [0.05, 0.1) is 11.7 Å². The van der Waals surface area contributed by atoms with Crippen LogP contribution < -0.4 is 0 Å². The van der Waals surface area contributed by atoms with E-state index >= 15 is 0 Å². The van der Waals surface area contributed by atoms with Gasteiger partial charge in [0.2, 0.25) is 0 Å². The van der Waals surface area contributed by atoms with E-state index in [0.29, 0.717) is 30.6 Å². The zero-order valence-electron chi connectivity index (χ0n) is 20.9. The SMILES string of the molecule is Cc1c(C(=O)N2CCC(C)CCC2C(C)C)nnn1C1CCN(C(=O)OC(C)(C)C)CC1. The van der Waals surface area contributed by atoms with E-state index in [1.807, 2.05) is 37.3 Å². The smallest absolute Gasteiger partial charge is 0.410 e. The van der Waals surface area contributed by atoms with Crippen LogP contribution in [0.3, 0.4) is 0 Å². The molecule has 2 atom stereocenters. The topological polar surface area (TPSA) is 80.6 Å². The van der Waals surface area contributed by atoms with Crippen molar-refractivity contribution < 1.29 is 14.3 Å². The highest BCUT2D eigenvalue weighted by molar-refractivity contribution is 5.93. The molecule has 2 aliphatic rings. The fourth-order valence-corrected chi connectivity index (χ4v) is 4.87. The zero-order chi connectivity index (χ0) is 23.6. The van der Waals surface area contributed by atoms with E-state index in [1.54, 1.807) is 4.90 Å². The Morgan fingerprint density at radius 2 is 1.69 bits per heavy atom. The van der Waals surface area contributed by atoms with Crippen LogP contribution in [0.15, 0.2) is 0 Å². The van der Waals surface area contributed by atoms with E-state index in [2.05, 4.69) is 31.1 Å². The van der Waals surface area contributed by atoms with Gasteiger partial charge in [-0.3, -0.25) is 4.79 Å². The van der Waals surface area contributed by atoms with Crippen LogP contribution in [0, 0.1) is 18.8 Å². The van der Waals surface area contributed by atoms with Crippen LogP contribution in [0.5, 0.6) is 0 Å². The molecule has 0 bridgehead atoms. The molecule has 32 heavy (non-hydrogen) atoms. The van der Waals surface area contributed by atoms with Crippen molar-refractivity contribution in [3.63, 3.8) is 0 Å². The van der Waals surface area contributed by atoms with Crippen LogP contribution in [0.1, 0.15) is 95.9 Å². The molecule has 0 radical (unpaired) electrons. The van der Waals surface area contributed by atoms with Crippen LogP contribution in [0.4, 0.5) is 4.79 Å². The van der Waals surface area contributed by atoms with Crippen molar-refractivity contribution in [3.05, 3.63) is 11.4 Å². The number of likely N-dealkylation sites (tertiary alicyclic amines) is 2. The van der Waals surface area contributed by atoms with Crippen molar-refractivity contribution in [2.75, 3.05) is 19.6 Å². The van der Waals surface area contributed by atoms with E-state index in [-0.39, 0.29) is 24.1 Å². The first-order valence-corrected chi connectivity index (χ1v) is 12.2. The third kappa shape index (κ3) is 5.62. The molecule has 2 unspecified atom stereocenters. The van der Waals surface area contributed by atoms with Crippen molar-refractivity contribution in [3.8, 4) is 0 Å². The Morgan fingerprint density at radius 1 is 1.03 bits per heavy atom. The van der Waals surface area contributed by atoms with Gasteiger partial charge in [0, 0.05) is 25.7 Å². The summed E-state index contributed by atoms with van der Waals surface area (Å²) in [5.41, 5.74) is 0.801. The average molecular weight is 448 g/mol. The number of nitrogens with zero attached hydrogens (tertiary/aromatic N) is 5. The molecule has 2 saturated heterocycles. The molecule has 0 saturated carbocycles. The number of hydrogen-bond donors (Lipinski definition) is 0. The molecule has 3 heterocycles. The molecule has 0 aromatic carbocycles. The second-order valence-electron chi connectivity index (χ2n) is 10.9.